The largest absolute Gasteiger partial charge is 0.496 e. The topological polar surface area (TPSA) is 137 Å². The maximum atomic E-state index is 13.0. The minimum atomic E-state index is -0.716. The second kappa shape index (κ2) is 9.50. The van der Waals surface area contributed by atoms with Crippen molar-refractivity contribution in [2.75, 3.05) is 17.7 Å². The maximum Gasteiger partial charge on any atom is 0.307 e. The molecule has 2 fully saturated rings. The highest BCUT2D eigenvalue weighted by molar-refractivity contribution is 6.06. The molecule has 2 N–H and O–H groups in total. The van der Waals surface area contributed by atoms with Crippen molar-refractivity contribution in [1.82, 2.24) is 0 Å². The number of methoxy groups -OCH3 is 1. The lowest BCUT2D eigenvalue weighted by atomic mass is 9.75. The molecular formula is C24H25N3O7. The quantitative estimate of drug-likeness (QED) is 0.371. The van der Waals surface area contributed by atoms with Crippen molar-refractivity contribution in [3.63, 3.8) is 0 Å². The van der Waals surface area contributed by atoms with E-state index in [-0.39, 0.29) is 35.2 Å². The molecule has 34 heavy (non-hydrogen) atoms. The molecule has 0 bridgehead atoms. The number of nitro groups is 1. The minimum Gasteiger partial charge on any atom is -0.496 e. The van der Waals surface area contributed by atoms with Crippen LogP contribution in [0.15, 0.2) is 42.5 Å². The Balaban J connectivity index is 1.43. The van der Waals surface area contributed by atoms with Gasteiger partial charge in [-0.25, -0.2) is 0 Å². The second-order valence-electron chi connectivity index (χ2n) is 8.52. The van der Waals surface area contributed by atoms with E-state index in [9.17, 15) is 24.5 Å². The normalized spacial score (nSPS) is 18.7. The fourth-order valence-electron chi connectivity index (χ4n) is 4.65. The van der Waals surface area contributed by atoms with Gasteiger partial charge in [-0.05, 0) is 62.1 Å². The molecule has 10 nitrogen and oxygen atoms in total. The number of hydrogen-bond acceptors (Lipinski definition) is 7. The second-order valence-corrected chi connectivity index (χ2v) is 8.52. The van der Waals surface area contributed by atoms with Gasteiger partial charge >= 0.3 is 5.97 Å². The van der Waals surface area contributed by atoms with Crippen molar-refractivity contribution in [2.24, 2.45) is 5.92 Å². The summed E-state index contributed by atoms with van der Waals surface area (Å²) in [6.07, 6.45) is 4.35. The van der Waals surface area contributed by atoms with E-state index < -0.39 is 22.3 Å². The molecule has 1 saturated carbocycles. The van der Waals surface area contributed by atoms with Crippen molar-refractivity contribution in [1.29, 1.82) is 0 Å². The van der Waals surface area contributed by atoms with Gasteiger partial charge in [-0.15, -0.1) is 0 Å². The van der Waals surface area contributed by atoms with Crippen LogP contribution < -0.4 is 15.4 Å². The third-order valence-electron chi connectivity index (χ3n) is 6.40. The van der Waals surface area contributed by atoms with Gasteiger partial charge in [0, 0.05) is 11.3 Å². The number of benzene rings is 2. The third kappa shape index (κ3) is 4.70. The fraction of sp³-hybridized carbons (Fsp3) is 0.375. The van der Waals surface area contributed by atoms with Gasteiger partial charge in [0.05, 0.1) is 30.4 Å². The third-order valence-corrected chi connectivity index (χ3v) is 6.40. The van der Waals surface area contributed by atoms with E-state index in [2.05, 4.69) is 10.6 Å². The average Bonchev–Trinajstić information content (AvgIpc) is 3.15. The van der Waals surface area contributed by atoms with Crippen LogP contribution in [0.1, 0.15) is 48.9 Å². The van der Waals surface area contributed by atoms with Crippen LogP contribution in [0.4, 0.5) is 17.1 Å². The first kappa shape index (κ1) is 23.2. The predicted molar refractivity (Wildman–Crippen MR) is 123 cm³/mol. The van der Waals surface area contributed by atoms with Crippen molar-refractivity contribution >= 4 is 34.8 Å². The van der Waals surface area contributed by atoms with Crippen LogP contribution in [0.3, 0.4) is 0 Å². The predicted octanol–water partition coefficient (Wildman–Crippen LogP) is 4.06. The number of nitro benzene ring substituents is 1. The van der Waals surface area contributed by atoms with Crippen molar-refractivity contribution < 1.29 is 28.8 Å². The zero-order valence-corrected chi connectivity index (χ0v) is 18.7. The number of nitrogens with zero attached hydrogens (tertiary/aromatic N) is 1. The molecule has 1 atom stereocenters. The smallest absolute Gasteiger partial charge is 0.307 e. The number of carbonyl (C=O) groups is 3. The lowest BCUT2D eigenvalue weighted by molar-refractivity contribution is -0.384. The van der Waals surface area contributed by atoms with Crippen LogP contribution in [-0.4, -0.2) is 35.4 Å². The Kier molecular flexibility index (Phi) is 6.49. The van der Waals surface area contributed by atoms with Gasteiger partial charge in [-0.1, -0.05) is 6.42 Å². The summed E-state index contributed by atoms with van der Waals surface area (Å²) in [7, 11) is 1.39. The fourth-order valence-corrected chi connectivity index (χ4v) is 4.65. The first-order chi connectivity index (χ1) is 16.3. The number of ether oxygens (including phenoxy) is 2. The molecule has 178 valence electrons. The van der Waals surface area contributed by atoms with Crippen LogP contribution in [0.2, 0.25) is 0 Å². The van der Waals surface area contributed by atoms with E-state index in [4.69, 9.17) is 9.47 Å². The van der Waals surface area contributed by atoms with E-state index in [0.29, 0.717) is 24.3 Å². The molecule has 0 unspecified atom stereocenters. The minimum absolute atomic E-state index is 0.0388. The highest BCUT2D eigenvalue weighted by Gasteiger charge is 2.52. The van der Waals surface area contributed by atoms with Crippen LogP contribution in [0.25, 0.3) is 0 Å². The summed E-state index contributed by atoms with van der Waals surface area (Å²) in [6.45, 7) is 0. The summed E-state index contributed by atoms with van der Waals surface area (Å²) in [5.74, 6) is -1.41. The molecule has 2 aliphatic rings. The first-order valence-corrected chi connectivity index (χ1v) is 11.1. The van der Waals surface area contributed by atoms with E-state index in [1.807, 2.05) is 0 Å². The molecule has 1 aliphatic carbocycles. The Labute approximate surface area is 195 Å². The summed E-state index contributed by atoms with van der Waals surface area (Å²) in [5.41, 5.74) is -0.237. The van der Waals surface area contributed by atoms with E-state index >= 15 is 0 Å². The standard InChI is InChI=1S/C24H25N3O7/c1-33-17-9-10-19(20(13-17)27(31)32)26-22(29)15-5-7-16(8-6-15)25-23(30)18-14-21(28)34-24(18)11-3-2-4-12-24/h5-10,13,18H,2-4,11-12,14H2,1H3,(H,25,30)(H,26,29)/t18-/m1/s1. The zero-order valence-electron chi connectivity index (χ0n) is 18.7. The van der Waals surface area contributed by atoms with E-state index in [1.54, 1.807) is 12.1 Å². The highest BCUT2D eigenvalue weighted by Crippen LogP contribution is 2.44. The summed E-state index contributed by atoms with van der Waals surface area (Å²) in [4.78, 5) is 48.2. The molecule has 2 amide bonds. The lowest BCUT2D eigenvalue weighted by Gasteiger charge is -2.36. The van der Waals surface area contributed by atoms with Gasteiger partial charge in [-0.3, -0.25) is 24.5 Å². The van der Waals surface area contributed by atoms with Gasteiger partial charge in [0.1, 0.15) is 17.0 Å². The molecule has 1 aliphatic heterocycles. The monoisotopic (exact) mass is 467 g/mol. The molecular weight excluding hydrogens is 442 g/mol. The number of amides is 2. The van der Waals surface area contributed by atoms with Gasteiger partial charge in [0.2, 0.25) is 5.91 Å². The number of hydrogen-bond donors (Lipinski definition) is 2. The molecule has 2 aromatic carbocycles. The SMILES string of the molecule is COc1ccc(NC(=O)c2ccc(NC(=O)[C@H]3CC(=O)OC34CCCCC4)cc2)c([N+](=O)[O-])c1. The van der Waals surface area contributed by atoms with Crippen molar-refractivity contribution in [2.45, 2.75) is 44.1 Å². The molecule has 1 spiro atoms. The molecule has 10 heteroatoms. The van der Waals surface area contributed by atoms with Crippen molar-refractivity contribution in [3.8, 4) is 5.75 Å². The average molecular weight is 467 g/mol. The Hall–Kier alpha value is -3.95. The van der Waals surface area contributed by atoms with Crippen LogP contribution in [0.5, 0.6) is 5.75 Å². The zero-order chi connectivity index (χ0) is 24.3. The number of esters is 1. The van der Waals surface area contributed by atoms with Crippen LogP contribution >= 0.6 is 0 Å². The molecule has 1 heterocycles. The van der Waals surface area contributed by atoms with E-state index in [1.165, 1.54) is 37.4 Å². The summed E-state index contributed by atoms with van der Waals surface area (Å²) >= 11 is 0. The first-order valence-electron chi connectivity index (χ1n) is 11.1. The summed E-state index contributed by atoms with van der Waals surface area (Å²) < 4.78 is 10.6. The Morgan fingerprint density at radius 2 is 1.79 bits per heavy atom. The van der Waals surface area contributed by atoms with Crippen LogP contribution in [-0.2, 0) is 14.3 Å². The van der Waals surface area contributed by atoms with Gasteiger partial charge in [0.25, 0.3) is 11.6 Å². The number of carbonyl (C=O) groups excluding carboxylic acids is 3. The molecule has 0 aromatic heterocycles. The summed E-state index contributed by atoms with van der Waals surface area (Å²) in [6, 6.07) is 10.3. The number of rotatable bonds is 6. The molecule has 2 aromatic rings. The van der Waals surface area contributed by atoms with Gasteiger partial charge in [-0.2, -0.15) is 0 Å². The van der Waals surface area contributed by atoms with Gasteiger partial charge < -0.3 is 20.1 Å². The Bertz CT molecular complexity index is 1120. The van der Waals surface area contributed by atoms with E-state index in [0.717, 1.165) is 19.3 Å². The summed E-state index contributed by atoms with van der Waals surface area (Å²) in [5, 5.41) is 16.7. The van der Waals surface area contributed by atoms with Crippen molar-refractivity contribution in [3.05, 3.63) is 58.1 Å². The number of anilines is 2. The lowest BCUT2D eigenvalue weighted by Crippen LogP contribution is -2.43. The Morgan fingerprint density at radius 3 is 2.44 bits per heavy atom. The Morgan fingerprint density at radius 1 is 1.09 bits per heavy atom. The molecule has 1 saturated heterocycles. The van der Waals surface area contributed by atoms with Crippen LogP contribution in [0, 0.1) is 16.0 Å². The maximum absolute atomic E-state index is 13.0. The molecule has 4 rings (SSSR count). The highest BCUT2D eigenvalue weighted by atomic mass is 16.6. The molecule has 0 radical (unpaired) electrons. The van der Waals surface area contributed by atoms with Gasteiger partial charge in [0.15, 0.2) is 0 Å². The number of nitrogens with one attached hydrogen (secondary N) is 2.